The smallest absolute Gasteiger partial charge is 0.228 e. The van der Waals surface area contributed by atoms with Gasteiger partial charge in [0.1, 0.15) is 0 Å². The highest BCUT2D eigenvalue weighted by atomic mass is 16.6. The summed E-state index contributed by atoms with van der Waals surface area (Å²) in [5.74, 6) is -0.455. The lowest BCUT2D eigenvalue weighted by Crippen LogP contribution is -2.33. The van der Waals surface area contributed by atoms with E-state index in [0.29, 0.717) is 17.6 Å². The van der Waals surface area contributed by atoms with E-state index in [1.54, 1.807) is 6.92 Å². The van der Waals surface area contributed by atoms with Crippen molar-refractivity contribution in [1.29, 1.82) is 0 Å². The summed E-state index contributed by atoms with van der Waals surface area (Å²) in [5, 5.41) is 21.5. The number of aliphatic hydroxyl groups is 2. The van der Waals surface area contributed by atoms with Crippen LogP contribution in [0.3, 0.4) is 0 Å². The molecule has 0 saturated carbocycles. The molecular formula is C41H70O8. The number of allylic oxidation sites excluding steroid dienone is 2. The number of rotatable bonds is 27. The van der Waals surface area contributed by atoms with Gasteiger partial charge in [-0.1, -0.05) is 116 Å². The average molecular weight is 691 g/mol. The van der Waals surface area contributed by atoms with Gasteiger partial charge in [0, 0.05) is 11.1 Å². The maximum absolute atomic E-state index is 12.7. The summed E-state index contributed by atoms with van der Waals surface area (Å²) in [4.78, 5) is 25.3. The molecule has 8 heteroatoms. The lowest BCUT2D eigenvalue weighted by molar-refractivity contribution is -0.121. The van der Waals surface area contributed by atoms with Crippen LogP contribution in [0.1, 0.15) is 174 Å². The van der Waals surface area contributed by atoms with Crippen LogP contribution in [0.4, 0.5) is 0 Å². The molecule has 3 rings (SSSR count). The molecule has 0 amide bonds. The molecule has 3 aliphatic rings. The van der Waals surface area contributed by atoms with Crippen molar-refractivity contribution < 1.29 is 38.7 Å². The number of Topliss-reactive ketones (excluding diaryl/α,β-unsaturated/α-hetero) is 2. The van der Waals surface area contributed by atoms with Gasteiger partial charge in [-0.05, 0) is 58.3 Å². The molecule has 8 nitrogen and oxygen atoms in total. The third kappa shape index (κ3) is 13.7. The first-order chi connectivity index (χ1) is 23.8. The minimum Gasteiger partial charge on any atom is -0.489 e. The van der Waals surface area contributed by atoms with Gasteiger partial charge in [0.15, 0.2) is 0 Å². The van der Waals surface area contributed by atoms with Crippen molar-refractivity contribution in [1.82, 2.24) is 0 Å². The van der Waals surface area contributed by atoms with E-state index in [0.717, 1.165) is 77.0 Å². The maximum atomic E-state index is 12.7. The number of ether oxygens (including phenoxy) is 4. The van der Waals surface area contributed by atoms with Crippen molar-refractivity contribution in [3.8, 4) is 0 Å². The minimum atomic E-state index is -0.407. The first-order valence-corrected chi connectivity index (χ1v) is 20.1. The highest BCUT2D eigenvalue weighted by Gasteiger charge is 2.40. The number of methoxy groups -OCH3 is 2. The lowest BCUT2D eigenvalue weighted by atomic mass is 9.89. The summed E-state index contributed by atoms with van der Waals surface area (Å²) in [5.41, 5.74) is 1.03. The summed E-state index contributed by atoms with van der Waals surface area (Å²) in [6, 6.07) is 0. The van der Waals surface area contributed by atoms with Crippen LogP contribution in [0.2, 0.25) is 0 Å². The van der Waals surface area contributed by atoms with E-state index >= 15 is 0 Å². The van der Waals surface area contributed by atoms with Gasteiger partial charge in [-0.15, -0.1) is 0 Å². The summed E-state index contributed by atoms with van der Waals surface area (Å²) in [6.07, 6.45) is 26.5. The van der Waals surface area contributed by atoms with Crippen LogP contribution in [0.5, 0.6) is 0 Å². The second-order valence-electron chi connectivity index (χ2n) is 14.9. The molecule has 2 fully saturated rings. The van der Waals surface area contributed by atoms with Crippen molar-refractivity contribution in [3.05, 3.63) is 22.7 Å². The Morgan fingerprint density at radius 1 is 0.592 bits per heavy atom. The van der Waals surface area contributed by atoms with Crippen LogP contribution in [0.25, 0.3) is 0 Å². The number of aliphatic hydroxyl groups excluding tert-OH is 2. The van der Waals surface area contributed by atoms with Crippen LogP contribution in [-0.2, 0) is 28.5 Å². The molecular weight excluding hydrogens is 620 g/mol. The fourth-order valence-electron chi connectivity index (χ4n) is 7.91. The van der Waals surface area contributed by atoms with E-state index < -0.39 is 6.10 Å². The highest BCUT2D eigenvalue weighted by molar-refractivity contribution is 6.23. The molecule has 0 aromatic carbocycles. The Bertz CT molecular complexity index is 1030. The fourth-order valence-corrected chi connectivity index (χ4v) is 7.91. The largest absolute Gasteiger partial charge is 0.489 e. The molecule has 0 spiro atoms. The summed E-state index contributed by atoms with van der Waals surface area (Å²) < 4.78 is 22.9. The van der Waals surface area contributed by atoms with Gasteiger partial charge in [-0.2, -0.15) is 0 Å². The zero-order valence-corrected chi connectivity index (χ0v) is 31.5. The van der Waals surface area contributed by atoms with Crippen LogP contribution in [-0.4, -0.2) is 72.6 Å². The fraction of sp³-hybridized carbons (Fsp3) is 0.854. The second-order valence-corrected chi connectivity index (χ2v) is 14.9. The van der Waals surface area contributed by atoms with Crippen molar-refractivity contribution in [3.63, 3.8) is 0 Å². The number of ketones is 2. The Kier molecular flexibility index (Phi) is 20.1. The Labute approximate surface area is 297 Å². The second kappa shape index (κ2) is 23.7. The normalized spacial score (nSPS) is 24.3. The molecule has 2 saturated heterocycles. The molecule has 282 valence electrons. The minimum absolute atomic E-state index is 0.00567. The molecule has 0 radical (unpaired) electrons. The van der Waals surface area contributed by atoms with Gasteiger partial charge in [0.2, 0.25) is 23.1 Å². The zero-order chi connectivity index (χ0) is 35.4. The van der Waals surface area contributed by atoms with Crippen molar-refractivity contribution in [2.75, 3.05) is 14.2 Å². The van der Waals surface area contributed by atoms with Gasteiger partial charge >= 0.3 is 0 Å². The monoisotopic (exact) mass is 691 g/mol. The predicted molar refractivity (Wildman–Crippen MR) is 194 cm³/mol. The Balaban J connectivity index is 1.15. The standard InChI is InChI=1S/C41H70O8/c1-5-6-7-8-9-15-18-21-24-32(42)34-26-28-36(48-34)37-29-27-35(49-37)33(43)25-22-19-16-13-11-10-12-14-17-20-23-31-30(2)38(44)40(46-3)41(47-4)39(31)45/h32-37,42-43H,5-29H2,1-4H3/t32-,33+,34+,35+,36+,37+/m0/s1. The molecule has 0 bridgehead atoms. The average Bonchev–Trinajstić information content (AvgIpc) is 3.80. The van der Waals surface area contributed by atoms with Gasteiger partial charge in [-0.25, -0.2) is 0 Å². The molecule has 2 heterocycles. The van der Waals surface area contributed by atoms with Crippen LogP contribution in [0, 0.1) is 0 Å². The van der Waals surface area contributed by atoms with E-state index in [-0.39, 0.29) is 53.6 Å². The van der Waals surface area contributed by atoms with E-state index in [1.165, 1.54) is 91.3 Å². The first kappa shape index (κ1) is 41.7. The number of unbranched alkanes of at least 4 members (excludes halogenated alkanes) is 16. The molecule has 0 aromatic heterocycles. The SMILES string of the molecule is CCCCCCCCCC[C@H](O)[C@H]1CC[C@H]([C@H]2CC[C@H]([C@H](O)CCCCCCCCCCCCC3=C(C)C(=O)C(OC)=C(OC)C3=O)O2)O1. The zero-order valence-electron chi connectivity index (χ0n) is 31.5. The predicted octanol–water partition coefficient (Wildman–Crippen LogP) is 8.99. The van der Waals surface area contributed by atoms with Crippen molar-refractivity contribution in [2.45, 2.75) is 211 Å². The quantitative estimate of drug-likeness (QED) is 0.0649. The van der Waals surface area contributed by atoms with E-state index in [9.17, 15) is 19.8 Å². The Morgan fingerprint density at radius 3 is 1.41 bits per heavy atom. The topological polar surface area (TPSA) is 112 Å². The summed E-state index contributed by atoms with van der Waals surface area (Å²) >= 11 is 0. The third-order valence-corrected chi connectivity index (χ3v) is 11.1. The molecule has 49 heavy (non-hydrogen) atoms. The molecule has 6 atom stereocenters. The van der Waals surface area contributed by atoms with Crippen LogP contribution < -0.4 is 0 Å². The molecule has 0 aromatic rings. The van der Waals surface area contributed by atoms with Gasteiger partial charge in [0.05, 0.1) is 50.8 Å². The number of carbonyl (C=O) groups excluding carboxylic acids is 2. The molecule has 2 aliphatic heterocycles. The summed E-state index contributed by atoms with van der Waals surface area (Å²) in [6.45, 7) is 3.95. The molecule has 1 aliphatic carbocycles. The molecule has 0 unspecified atom stereocenters. The Hall–Kier alpha value is -1.74. The van der Waals surface area contributed by atoms with Crippen molar-refractivity contribution >= 4 is 11.6 Å². The van der Waals surface area contributed by atoms with Gasteiger partial charge < -0.3 is 29.2 Å². The van der Waals surface area contributed by atoms with Crippen LogP contribution in [0.15, 0.2) is 22.7 Å². The Morgan fingerprint density at radius 2 is 0.980 bits per heavy atom. The summed E-state index contributed by atoms with van der Waals surface area (Å²) in [7, 11) is 2.78. The molecule has 2 N–H and O–H groups in total. The van der Waals surface area contributed by atoms with Crippen LogP contribution >= 0.6 is 0 Å². The van der Waals surface area contributed by atoms with E-state index in [4.69, 9.17) is 18.9 Å². The van der Waals surface area contributed by atoms with Crippen molar-refractivity contribution in [2.24, 2.45) is 0 Å². The van der Waals surface area contributed by atoms with E-state index in [1.807, 2.05) is 0 Å². The number of hydrogen-bond acceptors (Lipinski definition) is 8. The number of carbonyl (C=O) groups is 2. The van der Waals surface area contributed by atoms with E-state index in [2.05, 4.69) is 6.92 Å². The van der Waals surface area contributed by atoms with Gasteiger partial charge in [-0.3, -0.25) is 9.59 Å². The number of hydrogen-bond donors (Lipinski definition) is 2. The first-order valence-electron chi connectivity index (χ1n) is 20.1. The maximum Gasteiger partial charge on any atom is 0.228 e. The van der Waals surface area contributed by atoms with Gasteiger partial charge in [0.25, 0.3) is 0 Å². The third-order valence-electron chi connectivity index (χ3n) is 11.1. The lowest BCUT2D eigenvalue weighted by Gasteiger charge is -2.24. The highest BCUT2D eigenvalue weighted by Crippen LogP contribution is 2.35.